The monoisotopic (exact) mass is 438 g/mol. The zero-order valence-electron chi connectivity index (χ0n) is 17.6. The van der Waals surface area contributed by atoms with Gasteiger partial charge in [-0.1, -0.05) is 6.07 Å². The number of nitrogens with zero attached hydrogens (tertiary/aromatic N) is 1. The molecule has 1 aliphatic heterocycles. The molecule has 1 aliphatic rings. The number of halogens is 1. The number of rotatable bonds is 6. The molecule has 0 radical (unpaired) electrons. The Morgan fingerprint density at radius 2 is 2.03 bits per heavy atom. The molecule has 0 aliphatic carbocycles. The second-order valence-electron chi connectivity index (χ2n) is 8.47. The van der Waals surface area contributed by atoms with Crippen LogP contribution < -0.4 is 4.74 Å². The van der Waals surface area contributed by atoms with Crippen molar-refractivity contribution in [3.05, 3.63) is 64.9 Å². The molecule has 4 nitrogen and oxygen atoms in total. The lowest BCUT2D eigenvalue weighted by atomic mass is 9.92. The highest BCUT2D eigenvalue weighted by Crippen LogP contribution is 2.40. The molecule has 1 atom stereocenters. The van der Waals surface area contributed by atoms with Crippen molar-refractivity contribution in [1.82, 2.24) is 9.88 Å². The highest BCUT2D eigenvalue weighted by molar-refractivity contribution is 7.19. The first kappa shape index (κ1) is 20.5. The van der Waals surface area contributed by atoms with Gasteiger partial charge in [0, 0.05) is 33.2 Å². The number of likely N-dealkylation sites (tertiary alicyclic amines) is 1. The predicted molar refractivity (Wildman–Crippen MR) is 125 cm³/mol. The molecule has 0 spiro atoms. The lowest BCUT2D eigenvalue weighted by Crippen LogP contribution is -2.40. The molecular formula is C25H27FN2O2S. The number of H-pyrrole nitrogens is 1. The molecule has 0 bridgehead atoms. The summed E-state index contributed by atoms with van der Waals surface area (Å²) in [7, 11) is 0. The number of hydrogen-bond acceptors (Lipinski definition) is 4. The number of aryl methyl sites for hydroxylation is 1. The third-order valence-corrected chi connectivity index (χ3v) is 7.78. The Labute approximate surface area is 185 Å². The normalized spacial score (nSPS) is 16.9. The predicted octanol–water partition coefficient (Wildman–Crippen LogP) is 5.45. The molecule has 5 rings (SSSR count). The Morgan fingerprint density at radius 1 is 1.19 bits per heavy atom. The van der Waals surface area contributed by atoms with Gasteiger partial charge < -0.3 is 19.7 Å². The Morgan fingerprint density at radius 3 is 2.87 bits per heavy atom. The average molecular weight is 439 g/mol. The molecule has 6 heteroatoms. The minimum Gasteiger partial charge on any atom is -0.490 e. The summed E-state index contributed by atoms with van der Waals surface area (Å²) in [5.41, 5.74) is 2.26. The van der Waals surface area contributed by atoms with Gasteiger partial charge >= 0.3 is 0 Å². The number of piperidine rings is 1. The third-order valence-electron chi connectivity index (χ3n) is 6.35. The van der Waals surface area contributed by atoms with Gasteiger partial charge in [-0.05, 0) is 86.1 Å². The van der Waals surface area contributed by atoms with Crippen LogP contribution in [0.1, 0.15) is 29.2 Å². The SMILES string of the molecule is Cc1c(C2CCN(C[C@H](O)COc3cccc4[nH]ccc34)CC2)sc2ccc(F)cc12. The first-order chi connectivity index (χ1) is 15.1. The lowest BCUT2D eigenvalue weighted by Gasteiger charge is -2.33. The second-order valence-corrected chi connectivity index (χ2v) is 9.55. The van der Waals surface area contributed by atoms with Crippen LogP contribution >= 0.6 is 11.3 Å². The summed E-state index contributed by atoms with van der Waals surface area (Å²) in [5.74, 6) is 1.14. The minimum atomic E-state index is -0.528. The van der Waals surface area contributed by atoms with Crippen molar-refractivity contribution in [3.63, 3.8) is 0 Å². The fraction of sp³-hybridized carbons (Fsp3) is 0.360. The van der Waals surface area contributed by atoms with E-state index in [-0.39, 0.29) is 12.4 Å². The number of thiophene rings is 1. The average Bonchev–Trinajstić information content (AvgIpc) is 3.38. The zero-order valence-corrected chi connectivity index (χ0v) is 18.4. The van der Waals surface area contributed by atoms with Crippen LogP contribution in [-0.4, -0.2) is 47.3 Å². The fourth-order valence-electron chi connectivity index (χ4n) is 4.70. The van der Waals surface area contributed by atoms with Gasteiger partial charge in [-0.25, -0.2) is 4.39 Å². The maximum Gasteiger partial charge on any atom is 0.128 e. The van der Waals surface area contributed by atoms with E-state index >= 15 is 0 Å². The highest BCUT2D eigenvalue weighted by Gasteiger charge is 2.25. The van der Waals surface area contributed by atoms with E-state index in [0.29, 0.717) is 12.5 Å². The van der Waals surface area contributed by atoms with Crippen LogP contribution in [0.3, 0.4) is 0 Å². The van der Waals surface area contributed by atoms with Crippen molar-refractivity contribution >= 4 is 32.3 Å². The van der Waals surface area contributed by atoms with E-state index in [2.05, 4.69) is 16.8 Å². The number of benzene rings is 2. The Hall–Kier alpha value is -2.41. The van der Waals surface area contributed by atoms with Crippen molar-refractivity contribution < 1.29 is 14.2 Å². The molecule has 0 amide bonds. The molecular weight excluding hydrogens is 411 g/mol. The summed E-state index contributed by atoms with van der Waals surface area (Å²) in [5, 5.41) is 12.6. The number of nitrogens with one attached hydrogen (secondary N) is 1. The van der Waals surface area contributed by atoms with Gasteiger partial charge in [0.05, 0.1) is 0 Å². The third kappa shape index (κ3) is 4.20. The summed E-state index contributed by atoms with van der Waals surface area (Å²) in [4.78, 5) is 6.89. The number of aromatic amines is 1. The van der Waals surface area contributed by atoms with Gasteiger partial charge in [0.15, 0.2) is 0 Å². The number of β-amino-alcohol motifs (C(OH)–C–C–N with tert-alkyl or cyclic N) is 1. The van der Waals surface area contributed by atoms with Gasteiger partial charge in [0.2, 0.25) is 0 Å². The number of aliphatic hydroxyl groups is 1. The Kier molecular flexibility index (Phi) is 5.69. The van der Waals surface area contributed by atoms with E-state index in [1.165, 1.54) is 15.1 Å². The van der Waals surface area contributed by atoms with Gasteiger partial charge in [-0.2, -0.15) is 0 Å². The number of aromatic nitrogens is 1. The highest BCUT2D eigenvalue weighted by atomic mass is 32.1. The van der Waals surface area contributed by atoms with E-state index in [9.17, 15) is 9.50 Å². The maximum atomic E-state index is 13.6. The Balaban J connectivity index is 1.16. The van der Waals surface area contributed by atoms with E-state index < -0.39 is 6.10 Å². The standard InChI is InChI=1S/C25H27FN2O2S/c1-16-21-13-18(26)5-6-24(21)31-25(16)17-8-11-28(12-9-17)14-19(29)15-30-23-4-2-3-22-20(23)7-10-27-22/h2-7,10,13,17,19,27,29H,8-9,11-12,14-15H2,1H3/t19-/m0/s1. The fourth-order valence-corrected chi connectivity index (χ4v) is 6.06. The van der Waals surface area contributed by atoms with E-state index in [4.69, 9.17) is 4.74 Å². The molecule has 2 aromatic heterocycles. The van der Waals surface area contributed by atoms with Crippen LogP contribution in [0.5, 0.6) is 5.75 Å². The summed E-state index contributed by atoms with van der Waals surface area (Å²) >= 11 is 1.80. The van der Waals surface area contributed by atoms with Crippen LogP contribution in [0.25, 0.3) is 21.0 Å². The van der Waals surface area contributed by atoms with Crippen molar-refractivity contribution in [2.75, 3.05) is 26.2 Å². The van der Waals surface area contributed by atoms with Crippen molar-refractivity contribution in [2.24, 2.45) is 0 Å². The number of aliphatic hydroxyl groups excluding tert-OH is 1. The maximum absolute atomic E-state index is 13.6. The molecule has 0 unspecified atom stereocenters. The van der Waals surface area contributed by atoms with E-state index in [0.717, 1.165) is 48.0 Å². The van der Waals surface area contributed by atoms with Crippen LogP contribution in [0.15, 0.2) is 48.7 Å². The molecule has 4 aromatic rings. The minimum absolute atomic E-state index is 0.168. The number of hydrogen-bond donors (Lipinski definition) is 2. The first-order valence-corrected chi connectivity index (χ1v) is 11.7. The number of ether oxygens (including phenoxy) is 1. The van der Waals surface area contributed by atoms with Gasteiger partial charge in [-0.15, -0.1) is 11.3 Å². The second kappa shape index (κ2) is 8.61. The van der Waals surface area contributed by atoms with Gasteiger partial charge in [0.25, 0.3) is 0 Å². The summed E-state index contributed by atoms with van der Waals surface area (Å²) < 4.78 is 20.7. The summed E-state index contributed by atoms with van der Waals surface area (Å²) in [6, 6.07) is 13.0. The van der Waals surface area contributed by atoms with Crippen LogP contribution in [0, 0.1) is 12.7 Å². The molecule has 3 heterocycles. The van der Waals surface area contributed by atoms with Gasteiger partial charge in [0.1, 0.15) is 24.3 Å². The van der Waals surface area contributed by atoms with Crippen LogP contribution in [0.2, 0.25) is 0 Å². The zero-order chi connectivity index (χ0) is 21.4. The van der Waals surface area contributed by atoms with Crippen molar-refractivity contribution in [3.8, 4) is 5.75 Å². The first-order valence-electron chi connectivity index (χ1n) is 10.9. The summed E-state index contributed by atoms with van der Waals surface area (Å²) in [6.07, 6.45) is 3.49. The van der Waals surface area contributed by atoms with Crippen molar-refractivity contribution in [1.29, 1.82) is 0 Å². The van der Waals surface area contributed by atoms with Gasteiger partial charge in [-0.3, -0.25) is 0 Å². The molecule has 0 saturated carbocycles. The topological polar surface area (TPSA) is 48.5 Å². The summed E-state index contributed by atoms with van der Waals surface area (Å²) in [6.45, 7) is 4.93. The largest absolute Gasteiger partial charge is 0.490 e. The quantitative estimate of drug-likeness (QED) is 0.421. The Bertz CT molecular complexity index is 1190. The van der Waals surface area contributed by atoms with E-state index in [1.807, 2.05) is 36.5 Å². The lowest BCUT2D eigenvalue weighted by molar-refractivity contribution is 0.0600. The number of fused-ring (bicyclic) bond motifs is 2. The molecule has 31 heavy (non-hydrogen) atoms. The molecule has 2 N–H and O–H groups in total. The van der Waals surface area contributed by atoms with Crippen LogP contribution in [-0.2, 0) is 0 Å². The van der Waals surface area contributed by atoms with Crippen LogP contribution in [0.4, 0.5) is 4.39 Å². The smallest absolute Gasteiger partial charge is 0.128 e. The molecule has 162 valence electrons. The van der Waals surface area contributed by atoms with Crippen molar-refractivity contribution in [2.45, 2.75) is 31.8 Å². The molecule has 1 saturated heterocycles. The van der Waals surface area contributed by atoms with E-state index in [1.54, 1.807) is 23.5 Å². The molecule has 1 fully saturated rings. The molecule has 2 aromatic carbocycles.